The molecule has 0 spiro atoms. The highest BCUT2D eigenvalue weighted by Crippen LogP contribution is 2.33. The van der Waals surface area contributed by atoms with Gasteiger partial charge in [-0.1, -0.05) is 19.4 Å². The summed E-state index contributed by atoms with van der Waals surface area (Å²) in [7, 11) is 0. The van der Waals surface area contributed by atoms with Crippen molar-refractivity contribution in [3.63, 3.8) is 0 Å². The molecule has 0 bridgehead atoms. The van der Waals surface area contributed by atoms with E-state index in [-0.39, 0.29) is 11.5 Å². The minimum atomic E-state index is -0.149. The number of aryl methyl sites for hydroxylation is 3. The summed E-state index contributed by atoms with van der Waals surface area (Å²) in [5.41, 5.74) is 2.26. The van der Waals surface area contributed by atoms with Gasteiger partial charge in [0.1, 0.15) is 11.5 Å². The van der Waals surface area contributed by atoms with E-state index >= 15 is 0 Å². The van der Waals surface area contributed by atoms with Crippen molar-refractivity contribution >= 4 is 5.78 Å². The fourth-order valence-electron chi connectivity index (χ4n) is 3.65. The first-order valence-corrected chi connectivity index (χ1v) is 11.2. The Morgan fingerprint density at radius 2 is 2.00 bits per heavy atom. The maximum atomic E-state index is 11.7. The third-order valence-electron chi connectivity index (χ3n) is 5.34. The molecule has 8 heteroatoms. The van der Waals surface area contributed by atoms with Gasteiger partial charge < -0.3 is 9.84 Å². The average molecular weight is 438 g/mol. The number of benzene rings is 1. The maximum absolute atomic E-state index is 11.7. The molecule has 0 aliphatic rings. The summed E-state index contributed by atoms with van der Waals surface area (Å²) in [6.07, 6.45) is 9.58. The number of pyridine rings is 1. The van der Waals surface area contributed by atoms with Crippen LogP contribution in [0.1, 0.15) is 66.8 Å². The van der Waals surface area contributed by atoms with Crippen LogP contribution in [0.3, 0.4) is 0 Å². The number of aromatic hydroxyl groups is 1. The van der Waals surface area contributed by atoms with E-state index in [1.807, 2.05) is 23.9 Å². The van der Waals surface area contributed by atoms with E-state index in [1.165, 1.54) is 12.5 Å². The zero-order valence-electron chi connectivity index (χ0n) is 18.8. The lowest BCUT2D eigenvalue weighted by Crippen LogP contribution is -2.08. The monoisotopic (exact) mass is 437 g/mol. The zero-order chi connectivity index (χ0) is 22.8. The summed E-state index contributed by atoms with van der Waals surface area (Å²) >= 11 is 0. The van der Waals surface area contributed by atoms with Crippen molar-refractivity contribution in [1.29, 1.82) is 0 Å². The molecule has 2 heterocycles. The summed E-state index contributed by atoms with van der Waals surface area (Å²) in [4.78, 5) is 15.8. The van der Waals surface area contributed by atoms with E-state index in [0.717, 1.165) is 50.9 Å². The van der Waals surface area contributed by atoms with Crippen LogP contribution in [-0.2, 0) is 25.8 Å². The van der Waals surface area contributed by atoms with Crippen LogP contribution in [0, 0.1) is 0 Å². The van der Waals surface area contributed by atoms with E-state index in [9.17, 15) is 9.90 Å². The Bertz CT molecular complexity index is 1000. The number of carbonyl (C=O) groups is 1. The molecule has 1 N–H and O–H groups in total. The number of hydrogen-bond donors (Lipinski definition) is 1. The molecule has 0 unspecified atom stereocenters. The number of ketones is 1. The molecule has 0 saturated heterocycles. The van der Waals surface area contributed by atoms with Crippen molar-refractivity contribution in [3.05, 3.63) is 59.2 Å². The second-order valence-corrected chi connectivity index (χ2v) is 7.83. The Morgan fingerprint density at radius 1 is 1.12 bits per heavy atom. The second-order valence-electron chi connectivity index (χ2n) is 7.83. The minimum absolute atomic E-state index is 0.0438. The van der Waals surface area contributed by atoms with Crippen molar-refractivity contribution in [2.75, 3.05) is 6.61 Å². The topological polar surface area (TPSA) is 103 Å². The molecule has 170 valence electrons. The number of phenols is 1. The molecule has 0 fully saturated rings. The number of aromatic nitrogens is 5. The SMILES string of the molecule is CCCc1c(OCCCCc2nnnn2CCCc2cccnc2)ccc(C(C)=O)c1O. The number of hydrogen-bond acceptors (Lipinski definition) is 7. The Labute approximate surface area is 188 Å². The summed E-state index contributed by atoms with van der Waals surface area (Å²) in [5, 5.41) is 22.5. The van der Waals surface area contributed by atoms with Crippen molar-refractivity contribution in [3.8, 4) is 11.5 Å². The highest BCUT2D eigenvalue weighted by molar-refractivity contribution is 5.97. The lowest BCUT2D eigenvalue weighted by molar-refractivity contribution is 0.101. The van der Waals surface area contributed by atoms with Gasteiger partial charge in [0.15, 0.2) is 11.6 Å². The molecule has 0 aliphatic carbocycles. The Balaban J connectivity index is 1.45. The number of nitrogens with zero attached hydrogens (tertiary/aromatic N) is 5. The smallest absolute Gasteiger partial charge is 0.163 e. The summed E-state index contributed by atoms with van der Waals surface area (Å²) in [6, 6.07) is 7.44. The normalized spacial score (nSPS) is 10.9. The Morgan fingerprint density at radius 3 is 2.75 bits per heavy atom. The van der Waals surface area contributed by atoms with Gasteiger partial charge in [0.25, 0.3) is 0 Å². The standard InChI is InChI=1S/C24H31N5O3/c1-3-8-21-22(13-12-20(18(2)30)24(21)31)32-16-5-4-11-23-26-27-28-29(23)15-7-10-19-9-6-14-25-17-19/h6,9,12-14,17,31H,3-5,7-8,10-11,15-16H2,1-2H3. The third kappa shape index (κ3) is 6.35. The number of carbonyl (C=O) groups excluding carboxylic acids is 1. The van der Waals surface area contributed by atoms with Gasteiger partial charge >= 0.3 is 0 Å². The fraction of sp³-hybridized carbons (Fsp3) is 0.458. The first kappa shape index (κ1) is 23.4. The number of unbranched alkanes of at least 4 members (excludes halogenated alkanes) is 1. The molecule has 2 aromatic heterocycles. The number of Topliss-reactive ketones (excluding diaryl/α,β-unsaturated/α-hetero) is 1. The minimum Gasteiger partial charge on any atom is -0.507 e. The van der Waals surface area contributed by atoms with Gasteiger partial charge in [-0.05, 0) is 73.2 Å². The number of tetrazole rings is 1. The van der Waals surface area contributed by atoms with Crippen molar-refractivity contribution < 1.29 is 14.6 Å². The maximum Gasteiger partial charge on any atom is 0.163 e. The van der Waals surface area contributed by atoms with Crippen LogP contribution >= 0.6 is 0 Å². The summed E-state index contributed by atoms with van der Waals surface area (Å²) in [5.74, 6) is 1.42. The van der Waals surface area contributed by atoms with E-state index in [4.69, 9.17) is 4.74 Å². The van der Waals surface area contributed by atoms with Crippen molar-refractivity contribution in [2.24, 2.45) is 0 Å². The van der Waals surface area contributed by atoms with Gasteiger partial charge in [-0.3, -0.25) is 9.78 Å². The van der Waals surface area contributed by atoms with Gasteiger partial charge in [0.2, 0.25) is 0 Å². The predicted molar refractivity (Wildman–Crippen MR) is 121 cm³/mol. The fourth-order valence-corrected chi connectivity index (χ4v) is 3.65. The second kappa shape index (κ2) is 11.9. The Hall–Kier alpha value is -3.29. The number of rotatable bonds is 13. The molecule has 8 nitrogen and oxygen atoms in total. The van der Waals surface area contributed by atoms with Crippen LogP contribution in [-0.4, -0.2) is 42.7 Å². The van der Waals surface area contributed by atoms with Crippen LogP contribution in [0.15, 0.2) is 36.7 Å². The highest BCUT2D eigenvalue weighted by atomic mass is 16.5. The largest absolute Gasteiger partial charge is 0.507 e. The van der Waals surface area contributed by atoms with E-state index < -0.39 is 0 Å². The van der Waals surface area contributed by atoms with E-state index in [2.05, 4.69) is 26.6 Å². The molecule has 0 aliphatic heterocycles. The first-order chi connectivity index (χ1) is 15.6. The summed E-state index contributed by atoms with van der Waals surface area (Å²) in [6.45, 7) is 4.79. The average Bonchev–Trinajstić information content (AvgIpc) is 3.23. The molecule has 0 atom stereocenters. The molecule has 32 heavy (non-hydrogen) atoms. The number of ether oxygens (including phenoxy) is 1. The van der Waals surface area contributed by atoms with Gasteiger partial charge in [0, 0.05) is 30.9 Å². The lowest BCUT2D eigenvalue weighted by Gasteiger charge is -2.14. The van der Waals surface area contributed by atoms with Crippen LogP contribution in [0.2, 0.25) is 0 Å². The Kier molecular flexibility index (Phi) is 8.71. The van der Waals surface area contributed by atoms with Crippen LogP contribution < -0.4 is 4.74 Å². The predicted octanol–water partition coefficient (Wildman–Crippen LogP) is 3.96. The third-order valence-corrected chi connectivity index (χ3v) is 5.34. The molecular weight excluding hydrogens is 406 g/mol. The molecule has 3 aromatic rings. The van der Waals surface area contributed by atoms with Crippen LogP contribution in [0.5, 0.6) is 11.5 Å². The van der Waals surface area contributed by atoms with Gasteiger partial charge in [-0.25, -0.2) is 4.68 Å². The molecular formula is C24H31N5O3. The first-order valence-electron chi connectivity index (χ1n) is 11.2. The quantitative estimate of drug-likeness (QED) is 0.319. The lowest BCUT2D eigenvalue weighted by atomic mass is 10.0. The highest BCUT2D eigenvalue weighted by Gasteiger charge is 2.16. The van der Waals surface area contributed by atoms with E-state index in [0.29, 0.717) is 29.9 Å². The van der Waals surface area contributed by atoms with Crippen LogP contribution in [0.4, 0.5) is 0 Å². The summed E-state index contributed by atoms with van der Waals surface area (Å²) < 4.78 is 7.80. The number of phenolic OH excluding ortho intramolecular Hbond substituents is 1. The van der Waals surface area contributed by atoms with E-state index in [1.54, 1.807) is 18.3 Å². The van der Waals surface area contributed by atoms with Crippen molar-refractivity contribution in [2.45, 2.75) is 65.3 Å². The molecule has 0 amide bonds. The van der Waals surface area contributed by atoms with Crippen molar-refractivity contribution in [1.82, 2.24) is 25.2 Å². The molecule has 0 saturated carbocycles. The van der Waals surface area contributed by atoms with Crippen LogP contribution in [0.25, 0.3) is 0 Å². The zero-order valence-corrected chi connectivity index (χ0v) is 18.8. The molecule has 0 radical (unpaired) electrons. The van der Waals surface area contributed by atoms with Gasteiger partial charge in [0.05, 0.1) is 12.2 Å². The van der Waals surface area contributed by atoms with Gasteiger partial charge in [-0.2, -0.15) is 0 Å². The molecule has 3 rings (SSSR count). The molecule has 1 aromatic carbocycles. The van der Waals surface area contributed by atoms with Gasteiger partial charge in [-0.15, -0.1) is 5.10 Å².